The fourth-order valence-corrected chi connectivity index (χ4v) is 2.53. The topological polar surface area (TPSA) is 103 Å². The molecule has 0 unspecified atom stereocenters. The summed E-state index contributed by atoms with van der Waals surface area (Å²) in [6.45, 7) is 1.39. The van der Waals surface area contributed by atoms with Crippen molar-refractivity contribution < 1.29 is 33.0 Å². The van der Waals surface area contributed by atoms with Crippen LogP contribution in [-0.2, 0) is 20.9 Å². The number of carbonyl (C=O) groups excluding carboxylic acids is 3. The molecule has 0 radical (unpaired) electrons. The van der Waals surface area contributed by atoms with E-state index in [0.29, 0.717) is 11.5 Å². The van der Waals surface area contributed by atoms with Crippen molar-refractivity contribution in [3.05, 3.63) is 59.4 Å². The zero-order chi connectivity index (χ0) is 20.8. The Morgan fingerprint density at radius 2 is 1.79 bits per heavy atom. The van der Waals surface area contributed by atoms with Crippen LogP contribution in [0.25, 0.3) is 0 Å². The molecule has 2 aromatic rings. The second kappa shape index (κ2) is 9.05. The third kappa shape index (κ3) is 5.44. The molecule has 1 aliphatic heterocycles. The molecule has 1 aliphatic rings. The molecule has 0 aromatic heterocycles. The van der Waals surface area contributed by atoms with Crippen molar-refractivity contribution in [1.82, 2.24) is 10.6 Å². The van der Waals surface area contributed by atoms with Gasteiger partial charge in [-0.15, -0.1) is 0 Å². The number of ether oxygens (including phenoxy) is 3. The lowest BCUT2D eigenvalue weighted by atomic mass is 10.2. The molecule has 1 atom stereocenters. The number of fused-ring (bicyclic) bond motifs is 1. The van der Waals surface area contributed by atoms with Gasteiger partial charge >= 0.3 is 5.97 Å². The maximum absolute atomic E-state index is 12.9. The number of nitrogens with one attached hydrogen (secondary N) is 2. The summed E-state index contributed by atoms with van der Waals surface area (Å²) in [5.74, 6) is -1.03. The van der Waals surface area contributed by atoms with E-state index >= 15 is 0 Å². The van der Waals surface area contributed by atoms with Crippen LogP contribution in [0.15, 0.2) is 42.5 Å². The van der Waals surface area contributed by atoms with E-state index in [1.807, 2.05) is 0 Å². The largest absolute Gasteiger partial charge is 0.454 e. The number of hydrogen-bond acceptors (Lipinski definition) is 6. The highest BCUT2D eigenvalue weighted by atomic mass is 19.1. The molecule has 0 saturated carbocycles. The second-order valence-electron chi connectivity index (χ2n) is 6.23. The Morgan fingerprint density at radius 3 is 2.55 bits per heavy atom. The van der Waals surface area contributed by atoms with Gasteiger partial charge in [0.05, 0.1) is 0 Å². The summed E-state index contributed by atoms with van der Waals surface area (Å²) in [4.78, 5) is 35.8. The van der Waals surface area contributed by atoms with Gasteiger partial charge in [0, 0.05) is 12.1 Å². The van der Waals surface area contributed by atoms with Gasteiger partial charge in [0.25, 0.3) is 11.8 Å². The van der Waals surface area contributed by atoms with Crippen molar-refractivity contribution in [2.75, 3.05) is 13.3 Å². The van der Waals surface area contributed by atoms with E-state index in [1.54, 1.807) is 18.2 Å². The van der Waals surface area contributed by atoms with Gasteiger partial charge in [0.15, 0.2) is 17.6 Å². The molecule has 0 fully saturated rings. The monoisotopic (exact) mass is 402 g/mol. The van der Waals surface area contributed by atoms with Crippen LogP contribution in [0.4, 0.5) is 4.39 Å². The summed E-state index contributed by atoms with van der Waals surface area (Å²) in [5.41, 5.74) is 1.00. The van der Waals surface area contributed by atoms with E-state index in [9.17, 15) is 18.8 Å². The van der Waals surface area contributed by atoms with Crippen LogP contribution < -0.4 is 20.1 Å². The SMILES string of the molecule is C[C@@H](OC(=O)CNC(=O)c1ccc(F)cc1)C(=O)NCc1ccc2c(c1)OCO2. The van der Waals surface area contributed by atoms with Crippen LogP contribution >= 0.6 is 0 Å². The quantitative estimate of drug-likeness (QED) is 0.681. The van der Waals surface area contributed by atoms with Crippen LogP contribution in [-0.4, -0.2) is 37.2 Å². The van der Waals surface area contributed by atoms with E-state index in [2.05, 4.69) is 10.6 Å². The lowest BCUT2D eigenvalue weighted by molar-refractivity contribution is -0.153. The molecule has 2 aromatic carbocycles. The fraction of sp³-hybridized carbons (Fsp3) is 0.250. The van der Waals surface area contributed by atoms with Gasteiger partial charge in [-0.25, -0.2) is 4.39 Å². The van der Waals surface area contributed by atoms with Gasteiger partial charge in [-0.1, -0.05) is 6.07 Å². The van der Waals surface area contributed by atoms with E-state index in [4.69, 9.17) is 14.2 Å². The Bertz CT molecular complexity index is 916. The van der Waals surface area contributed by atoms with Gasteiger partial charge in [0.2, 0.25) is 6.79 Å². The average Bonchev–Trinajstić information content (AvgIpc) is 3.18. The number of hydrogen-bond donors (Lipinski definition) is 2. The van der Waals surface area contributed by atoms with Gasteiger partial charge in [0.1, 0.15) is 12.4 Å². The number of esters is 1. The van der Waals surface area contributed by atoms with Crippen LogP contribution in [0.1, 0.15) is 22.8 Å². The summed E-state index contributed by atoms with van der Waals surface area (Å²) in [7, 11) is 0. The third-order valence-corrected chi connectivity index (χ3v) is 4.08. The fourth-order valence-electron chi connectivity index (χ4n) is 2.53. The molecule has 0 bridgehead atoms. The molecule has 0 saturated heterocycles. The Kier molecular flexibility index (Phi) is 6.28. The first-order valence-corrected chi connectivity index (χ1v) is 8.82. The van der Waals surface area contributed by atoms with Gasteiger partial charge < -0.3 is 24.8 Å². The summed E-state index contributed by atoms with van der Waals surface area (Å²) >= 11 is 0. The Morgan fingerprint density at radius 1 is 1.07 bits per heavy atom. The standard InChI is InChI=1S/C20H19FN2O6/c1-12(19(25)22-9-13-2-7-16-17(8-13)28-11-27-16)29-18(24)10-23-20(26)14-3-5-15(21)6-4-14/h2-8,12H,9-11H2,1H3,(H,22,25)(H,23,26)/t12-/m1/s1. The Hall–Kier alpha value is -3.62. The van der Waals surface area contributed by atoms with Crippen molar-refractivity contribution >= 4 is 17.8 Å². The summed E-state index contributed by atoms with van der Waals surface area (Å²) < 4.78 is 28.4. The predicted molar refractivity (Wildman–Crippen MR) is 98.7 cm³/mol. The molecule has 152 valence electrons. The van der Waals surface area contributed by atoms with Crippen molar-refractivity contribution in [2.45, 2.75) is 19.6 Å². The predicted octanol–water partition coefficient (Wildman–Crippen LogP) is 1.53. The molecule has 3 rings (SSSR count). The maximum Gasteiger partial charge on any atom is 0.326 e. The minimum atomic E-state index is -1.04. The van der Waals surface area contributed by atoms with Crippen molar-refractivity contribution in [1.29, 1.82) is 0 Å². The molecule has 29 heavy (non-hydrogen) atoms. The lowest BCUT2D eigenvalue weighted by Gasteiger charge is -2.14. The van der Waals surface area contributed by atoms with Crippen molar-refractivity contribution in [2.24, 2.45) is 0 Å². The highest BCUT2D eigenvalue weighted by molar-refractivity contribution is 5.96. The smallest absolute Gasteiger partial charge is 0.326 e. The van der Waals surface area contributed by atoms with Crippen LogP contribution in [0.3, 0.4) is 0 Å². The van der Waals surface area contributed by atoms with Crippen molar-refractivity contribution in [3.63, 3.8) is 0 Å². The zero-order valence-electron chi connectivity index (χ0n) is 15.6. The first kappa shape index (κ1) is 20.1. The van der Waals surface area contributed by atoms with Crippen molar-refractivity contribution in [3.8, 4) is 11.5 Å². The first-order valence-electron chi connectivity index (χ1n) is 8.82. The summed E-state index contributed by atoms with van der Waals surface area (Å²) in [6, 6.07) is 10.2. The van der Waals surface area contributed by atoms with Gasteiger partial charge in [-0.2, -0.15) is 0 Å². The van der Waals surface area contributed by atoms with E-state index in [1.165, 1.54) is 19.1 Å². The number of benzene rings is 2. The van der Waals surface area contributed by atoms with Gasteiger partial charge in [-0.05, 0) is 48.9 Å². The maximum atomic E-state index is 12.9. The molecule has 0 spiro atoms. The molecule has 2 N–H and O–H groups in total. The normalized spacial score (nSPS) is 12.8. The van der Waals surface area contributed by atoms with E-state index in [-0.39, 0.29) is 18.9 Å². The van der Waals surface area contributed by atoms with Crippen LogP contribution in [0, 0.1) is 5.82 Å². The molecular weight excluding hydrogens is 383 g/mol. The average molecular weight is 402 g/mol. The summed E-state index contributed by atoms with van der Waals surface area (Å²) in [6.07, 6.45) is -1.04. The number of rotatable bonds is 7. The number of amides is 2. The highest BCUT2D eigenvalue weighted by Gasteiger charge is 2.19. The first-order chi connectivity index (χ1) is 13.9. The summed E-state index contributed by atoms with van der Waals surface area (Å²) in [5, 5.41) is 5.01. The highest BCUT2D eigenvalue weighted by Crippen LogP contribution is 2.32. The molecule has 8 nitrogen and oxygen atoms in total. The zero-order valence-corrected chi connectivity index (χ0v) is 15.6. The van der Waals surface area contributed by atoms with Crippen LogP contribution in [0.2, 0.25) is 0 Å². The minimum Gasteiger partial charge on any atom is -0.454 e. The molecule has 0 aliphatic carbocycles. The second-order valence-corrected chi connectivity index (χ2v) is 6.23. The Balaban J connectivity index is 1.41. The molecular formula is C20H19FN2O6. The van der Waals surface area contributed by atoms with Crippen LogP contribution in [0.5, 0.6) is 11.5 Å². The number of halogens is 1. The lowest BCUT2D eigenvalue weighted by Crippen LogP contribution is -2.38. The van der Waals surface area contributed by atoms with Gasteiger partial charge in [-0.3, -0.25) is 14.4 Å². The molecule has 9 heteroatoms. The molecule has 2 amide bonds. The minimum absolute atomic E-state index is 0.163. The molecule has 1 heterocycles. The van der Waals surface area contributed by atoms with E-state index < -0.39 is 36.2 Å². The Labute approximate surface area is 165 Å². The van der Waals surface area contributed by atoms with E-state index in [0.717, 1.165) is 17.7 Å². The number of carbonyl (C=O) groups is 3. The third-order valence-electron chi connectivity index (χ3n) is 4.08.